The Morgan fingerprint density at radius 3 is 2.29 bits per heavy atom. The van der Waals surface area contributed by atoms with Gasteiger partial charge in [0.2, 0.25) is 5.88 Å². The maximum Gasteiger partial charge on any atom is 0.335 e. The summed E-state index contributed by atoms with van der Waals surface area (Å²) in [5.74, 6) is -1.06. The van der Waals surface area contributed by atoms with Gasteiger partial charge in [0.05, 0.1) is 22.7 Å². The second-order valence-electron chi connectivity index (χ2n) is 6.65. The number of aromatic hydroxyl groups is 1. The highest BCUT2D eigenvalue weighted by molar-refractivity contribution is 14.1. The Balaban J connectivity index is 1.81. The fraction of sp³-hybridized carbons (Fsp3) is 0.0476. The average Bonchev–Trinajstić information content (AvgIpc) is 3.01. The van der Waals surface area contributed by atoms with E-state index in [0.717, 1.165) is 8.14 Å². The van der Waals surface area contributed by atoms with Crippen LogP contribution in [0.2, 0.25) is 5.02 Å². The number of hydrazone groups is 1. The molecule has 0 unspecified atom stereocenters. The Kier molecular flexibility index (Phi) is 5.54. The number of nitrogens with one attached hydrogen (secondary N) is 1. The molecule has 156 valence electrons. The molecule has 0 saturated carbocycles. The Morgan fingerprint density at radius 1 is 1.03 bits per heavy atom. The van der Waals surface area contributed by atoms with Crippen molar-refractivity contribution in [2.24, 2.45) is 5.10 Å². The lowest BCUT2D eigenvalue weighted by Crippen LogP contribution is -2.30. The SMILES string of the molecule is CC1=NN(c2ccc(I)cc2)C(=O)/C1=C\c1c(O)n(-c2ccc(Cl)cc2)c(=O)[nH]c1=O. The number of aromatic amines is 1. The van der Waals surface area contributed by atoms with Crippen LogP contribution in [0.4, 0.5) is 5.69 Å². The van der Waals surface area contributed by atoms with Gasteiger partial charge in [-0.05, 0) is 84.1 Å². The van der Waals surface area contributed by atoms with Crippen LogP contribution in [0.1, 0.15) is 12.5 Å². The first-order valence-electron chi connectivity index (χ1n) is 8.98. The van der Waals surface area contributed by atoms with E-state index >= 15 is 0 Å². The minimum Gasteiger partial charge on any atom is -0.494 e. The van der Waals surface area contributed by atoms with Crippen LogP contribution in [0.5, 0.6) is 5.88 Å². The van der Waals surface area contributed by atoms with E-state index in [1.807, 2.05) is 12.1 Å². The second-order valence-corrected chi connectivity index (χ2v) is 8.33. The maximum absolute atomic E-state index is 13.0. The van der Waals surface area contributed by atoms with E-state index in [2.05, 4.69) is 32.7 Å². The van der Waals surface area contributed by atoms with E-state index in [1.54, 1.807) is 31.2 Å². The molecule has 4 rings (SSSR count). The molecule has 1 aliphatic heterocycles. The predicted molar refractivity (Wildman–Crippen MR) is 127 cm³/mol. The summed E-state index contributed by atoms with van der Waals surface area (Å²) in [4.78, 5) is 39.9. The van der Waals surface area contributed by atoms with Crippen molar-refractivity contribution in [3.63, 3.8) is 0 Å². The van der Waals surface area contributed by atoms with E-state index in [1.165, 1.54) is 23.2 Å². The Labute approximate surface area is 194 Å². The van der Waals surface area contributed by atoms with E-state index < -0.39 is 23.0 Å². The quantitative estimate of drug-likeness (QED) is 0.387. The van der Waals surface area contributed by atoms with Crippen molar-refractivity contribution in [1.82, 2.24) is 9.55 Å². The first kappa shape index (κ1) is 21.1. The van der Waals surface area contributed by atoms with Crippen LogP contribution in [0, 0.1) is 3.57 Å². The topological polar surface area (TPSA) is 108 Å². The molecule has 0 bridgehead atoms. The summed E-state index contributed by atoms with van der Waals surface area (Å²) in [6.07, 6.45) is 1.23. The van der Waals surface area contributed by atoms with Gasteiger partial charge in [0.25, 0.3) is 11.5 Å². The lowest BCUT2D eigenvalue weighted by molar-refractivity contribution is -0.114. The molecule has 2 N–H and O–H groups in total. The number of rotatable bonds is 3. The highest BCUT2D eigenvalue weighted by atomic mass is 127. The summed E-state index contributed by atoms with van der Waals surface area (Å²) < 4.78 is 1.93. The molecule has 1 aliphatic rings. The van der Waals surface area contributed by atoms with Gasteiger partial charge in [-0.2, -0.15) is 10.1 Å². The highest BCUT2D eigenvalue weighted by Gasteiger charge is 2.29. The van der Waals surface area contributed by atoms with Crippen molar-refractivity contribution in [2.75, 3.05) is 5.01 Å². The van der Waals surface area contributed by atoms with Crippen molar-refractivity contribution < 1.29 is 9.90 Å². The highest BCUT2D eigenvalue weighted by Crippen LogP contribution is 2.27. The first-order chi connectivity index (χ1) is 14.8. The molecular formula is C21H14ClIN4O4. The zero-order valence-corrected chi connectivity index (χ0v) is 18.9. The molecule has 0 radical (unpaired) electrons. The van der Waals surface area contributed by atoms with Gasteiger partial charge < -0.3 is 5.11 Å². The molecule has 3 aromatic rings. The van der Waals surface area contributed by atoms with Crippen molar-refractivity contribution in [3.8, 4) is 11.6 Å². The van der Waals surface area contributed by atoms with E-state index in [4.69, 9.17) is 11.6 Å². The van der Waals surface area contributed by atoms with Gasteiger partial charge >= 0.3 is 5.69 Å². The van der Waals surface area contributed by atoms with E-state index in [0.29, 0.717) is 22.1 Å². The lowest BCUT2D eigenvalue weighted by Gasteiger charge is -2.12. The molecule has 10 heteroatoms. The second kappa shape index (κ2) is 8.16. The molecule has 2 heterocycles. The smallest absolute Gasteiger partial charge is 0.335 e. The third-order valence-electron chi connectivity index (χ3n) is 4.63. The average molecular weight is 549 g/mol. The lowest BCUT2D eigenvalue weighted by atomic mass is 10.1. The van der Waals surface area contributed by atoms with Gasteiger partial charge in [0.1, 0.15) is 5.56 Å². The molecule has 31 heavy (non-hydrogen) atoms. The van der Waals surface area contributed by atoms with Gasteiger partial charge in [-0.15, -0.1) is 0 Å². The Hall–Kier alpha value is -3.18. The Morgan fingerprint density at radius 2 is 1.65 bits per heavy atom. The maximum atomic E-state index is 13.0. The van der Waals surface area contributed by atoms with Crippen LogP contribution in [-0.2, 0) is 4.79 Å². The van der Waals surface area contributed by atoms with Crippen LogP contribution in [0.3, 0.4) is 0 Å². The fourth-order valence-corrected chi connectivity index (χ4v) is 3.57. The molecule has 0 aliphatic carbocycles. The molecule has 1 aromatic heterocycles. The van der Waals surface area contributed by atoms with Crippen molar-refractivity contribution >= 4 is 57.6 Å². The minimum absolute atomic E-state index is 0.126. The number of benzene rings is 2. The molecule has 0 fully saturated rings. The van der Waals surface area contributed by atoms with Gasteiger partial charge in [0, 0.05) is 8.59 Å². The van der Waals surface area contributed by atoms with E-state index in [9.17, 15) is 19.5 Å². The van der Waals surface area contributed by atoms with Crippen LogP contribution >= 0.6 is 34.2 Å². The number of halogens is 2. The van der Waals surface area contributed by atoms with Crippen LogP contribution in [0.25, 0.3) is 11.8 Å². The third-order valence-corrected chi connectivity index (χ3v) is 5.60. The normalized spacial score (nSPS) is 14.9. The molecule has 8 nitrogen and oxygen atoms in total. The number of aromatic nitrogens is 2. The zero-order valence-electron chi connectivity index (χ0n) is 16.0. The number of H-pyrrole nitrogens is 1. The van der Waals surface area contributed by atoms with Crippen LogP contribution in [0.15, 0.2) is 68.8 Å². The first-order valence-corrected chi connectivity index (χ1v) is 10.4. The molecule has 0 saturated heterocycles. The number of carbonyl (C=O) groups excluding carboxylic acids is 1. The number of hydrogen-bond donors (Lipinski definition) is 2. The monoisotopic (exact) mass is 548 g/mol. The number of nitrogens with zero attached hydrogens (tertiary/aromatic N) is 3. The van der Waals surface area contributed by atoms with Crippen molar-refractivity contribution in [3.05, 3.63) is 89.1 Å². The van der Waals surface area contributed by atoms with Gasteiger partial charge in [-0.3, -0.25) is 14.6 Å². The van der Waals surface area contributed by atoms with Gasteiger partial charge in [-0.25, -0.2) is 9.36 Å². The molecule has 2 aromatic carbocycles. The van der Waals surface area contributed by atoms with Crippen molar-refractivity contribution in [1.29, 1.82) is 0 Å². The van der Waals surface area contributed by atoms with Gasteiger partial charge in [-0.1, -0.05) is 11.6 Å². The van der Waals surface area contributed by atoms with Gasteiger partial charge in [0.15, 0.2) is 0 Å². The molecular weight excluding hydrogens is 535 g/mol. The molecule has 1 amide bonds. The minimum atomic E-state index is -0.825. The number of amides is 1. The van der Waals surface area contributed by atoms with Crippen LogP contribution < -0.4 is 16.3 Å². The number of hydrogen-bond acceptors (Lipinski definition) is 5. The standard InChI is InChI=1S/C21H14ClIN4O4/c1-11-16(20(30)27(25-11)15-8-4-13(23)5-9-15)10-17-18(28)24-21(31)26(19(17)29)14-6-2-12(22)3-7-14/h2-10,29H,1H3,(H,24,28,31)/b16-10-. The number of carbonyl (C=O) groups is 1. The summed E-state index contributed by atoms with van der Waals surface area (Å²) >= 11 is 8.04. The summed E-state index contributed by atoms with van der Waals surface area (Å²) in [5.41, 5.74) is -0.530. The zero-order chi connectivity index (χ0) is 22.3. The molecule has 0 spiro atoms. The van der Waals surface area contributed by atoms with E-state index in [-0.39, 0.29) is 11.1 Å². The fourth-order valence-electron chi connectivity index (χ4n) is 3.08. The molecule has 0 atom stereocenters. The summed E-state index contributed by atoms with van der Waals surface area (Å²) in [5, 5.41) is 16.7. The van der Waals surface area contributed by atoms with Crippen molar-refractivity contribution in [2.45, 2.75) is 6.92 Å². The predicted octanol–water partition coefficient (Wildman–Crippen LogP) is 3.30. The summed E-state index contributed by atoms with van der Waals surface area (Å²) in [6.45, 7) is 1.62. The third kappa shape index (κ3) is 3.93. The largest absolute Gasteiger partial charge is 0.494 e. The summed E-state index contributed by atoms with van der Waals surface area (Å²) in [6, 6.07) is 13.3. The summed E-state index contributed by atoms with van der Waals surface area (Å²) in [7, 11) is 0. The van der Waals surface area contributed by atoms with Crippen LogP contribution in [-0.4, -0.2) is 26.3 Å². The number of anilines is 1. The Bertz CT molecular complexity index is 1370.